The summed E-state index contributed by atoms with van der Waals surface area (Å²) in [6.45, 7) is 5.19. The maximum Gasteiger partial charge on any atom is 0.125 e. The second kappa shape index (κ2) is 5.95. The van der Waals surface area contributed by atoms with E-state index in [2.05, 4.69) is 58.5 Å². The van der Waals surface area contributed by atoms with E-state index in [1.165, 1.54) is 16.8 Å². The van der Waals surface area contributed by atoms with E-state index in [9.17, 15) is 0 Å². The quantitative estimate of drug-likeness (QED) is 0.899. The van der Waals surface area contributed by atoms with E-state index in [1.807, 2.05) is 6.20 Å². The van der Waals surface area contributed by atoms with Gasteiger partial charge in [0.15, 0.2) is 0 Å². The van der Waals surface area contributed by atoms with Crippen molar-refractivity contribution in [3.05, 3.63) is 53.7 Å². The van der Waals surface area contributed by atoms with Crippen LogP contribution in [0.25, 0.3) is 0 Å². The molecule has 3 heteroatoms. The summed E-state index contributed by atoms with van der Waals surface area (Å²) in [6, 6.07) is 12.9. The van der Waals surface area contributed by atoms with Crippen LogP contribution in [0.2, 0.25) is 0 Å². The van der Waals surface area contributed by atoms with Crippen molar-refractivity contribution in [3.8, 4) is 0 Å². The van der Waals surface area contributed by atoms with Gasteiger partial charge in [0.05, 0.1) is 0 Å². The molecule has 0 radical (unpaired) electrons. The standard InChI is InChI=1S/C17H21N3/c1-2-10-18-17-8-7-14(12-19-17)13-20-11-9-15-5-3-4-6-16(15)20/h3-8,12H,2,9-11,13H2,1H3,(H,18,19). The number of hydrogen-bond acceptors (Lipinski definition) is 3. The molecule has 2 aromatic rings. The van der Waals surface area contributed by atoms with Crippen LogP contribution in [0.1, 0.15) is 24.5 Å². The average Bonchev–Trinajstić information content (AvgIpc) is 2.90. The highest BCUT2D eigenvalue weighted by atomic mass is 15.1. The third-order valence-corrected chi connectivity index (χ3v) is 3.74. The Morgan fingerprint density at radius 2 is 2.10 bits per heavy atom. The van der Waals surface area contributed by atoms with E-state index in [-0.39, 0.29) is 0 Å². The van der Waals surface area contributed by atoms with Crippen molar-refractivity contribution < 1.29 is 0 Å². The number of nitrogens with zero attached hydrogens (tertiary/aromatic N) is 2. The van der Waals surface area contributed by atoms with Crippen molar-refractivity contribution in [1.82, 2.24) is 4.98 Å². The summed E-state index contributed by atoms with van der Waals surface area (Å²) in [5.74, 6) is 0.970. The van der Waals surface area contributed by atoms with E-state index in [1.54, 1.807) is 0 Å². The second-order valence-electron chi connectivity index (χ2n) is 5.28. The number of anilines is 2. The third-order valence-electron chi connectivity index (χ3n) is 3.74. The molecule has 0 saturated carbocycles. The number of hydrogen-bond donors (Lipinski definition) is 1. The van der Waals surface area contributed by atoms with Gasteiger partial charge in [-0.15, -0.1) is 0 Å². The zero-order valence-electron chi connectivity index (χ0n) is 12.0. The number of benzene rings is 1. The second-order valence-corrected chi connectivity index (χ2v) is 5.28. The van der Waals surface area contributed by atoms with Crippen molar-refractivity contribution in [2.24, 2.45) is 0 Å². The smallest absolute Gasteiger partial charge is 0.125 e. The van der Waals surface area contributed by atoms with Crippen molar-refractivity contribution in [2.75, 3.05) is 23.3 Å². The Balaban J connectivity index is 1.67. The molecule has 0 aliphatic carbocycles. The maximum atomic E-state index is 4.48. The lowest BCUT2D eigenvalue weighted by Gasteiger charge is -2.19. The van der Waals surface area contributed by atoms with E-state index in [0.29, 0.717) is 0 Å². The summed E-state index contributed by atoms with van der Waals surface area (Å²) in [5.41, 5.74) is 4.10. The molecule has 0 fully saturated rings. The summed E-state index contributed by atoms with van der Waals surface area (Å²) in [7, 11) is 0. The summed E-state index contributed by atoms with van der Waals surface area (Å²) in [5, 5.41) is 3.31. The Morgan fingerprint density at radius 1 is 1.20 bits per heavy atom. The lowest BCUT2D eigenvalue weighted by Crippen LogP contribution is -2.19. The molecule has 20 heavy (non-hydrogen) atoms. The van der Waals surface area contributed by atoms with Gasteiger partial charge in [0.1, 0.15) is 5.82 Å². The number of fused-ring (bicyclic) bond motifs is 1. The molecular weight excluding hydrogens is 246 g/mol. The molecule has 1 aliphatic rings. The van der Waals surface area contributed by atoms with Crippen LogP contribution in [-0.4, -0.2) is 18.1 Å². The van der Waals surface area contributed by atoms with E-state index >= 15 is 0 Å². The summed E-state index contributed by atoms with van der Waals surface area (Å²) < 4.78 is 0. The summed E-state index contributed by atoms with van der Waals surface area (Å²) in [4.78, 5) is 6.91. The molecule has 1 aromatic heterocycles. The Labute approximate surface area is 120 Å². The van der Waals surface area contributed by atoms with E-state index in [4.69, 9.17) is 0 Å². The number of pyridine rings is 1. The molecule has 1 aliphatic heterocycles. The molecule has 104 valence electrons. The van der Waals surface area contributed by atoms with Crippen LogP contribution in [0.15, 0.2) is 42.6 Å². The van der Waals surface area contributed by atoms with Gasteiger partial charge in [-0.05, 0) is 36.1 Å². The highest BCUT2D eigenvalue weighted by Crippen LogP contribution is 2.28. The minimum absolute atomic E-state index is 0.943. The third kappa shape index (κ3) is 2.77. The van der Waals surface area contributed by atoms with Gasteiger partial charge in [0.2, 0.25) is 0 Å². The molecular formula is C17H21N3. The molecule has 0 spiro atoms. The van der Waals surface area contributed by atoms with Gasteiger partial charge in [-0.3, -0.25) is 0 Å². The fraction of sp³-hybridized carbons (Fsp3) is 0.353. The maximum absolute atomic E-state index is 4.48. The Hall–Kier alpha value is -2.03. The Bertz CT molecular complexity index is 563. The van der Waals surface area contributed by atoms with Crippen molar-refractivity contribution in [2.45, 2.75) is 26.3 Å². The SMILES string of the molecule is CCCNc1ccc(CN2CCc3ccccc32)cn1. The molecule has 0 atom stereocenters. The predicted octanol–water partition coefficient (Wildman–Crippen LogP) is 3.47. The van der Waals surface area contributed by atoms with Gasteiger partial charge in [-0.2, -0.15) is 0 Å². The fourth-order valence-electron chi connectivity index (χ4n) is 2.67. The first-order valence-electron chi connectivity index (χ1n) is 7.38. The van der Waals surface area contributed by atoms with Crippen LogP contribution < -0.4 is 10.2 Å². The minimum atomic E-state index is 0.943. The highest BCUT2D eigenvalue weighted by molar-refractivity contribution is 5.58. The number of nitrogens with one attached hydrogen (secondary N) is 1. The molecule has 0 bridgehead atoms. The zero-order valence-corrected chi connectivity index (χ0v) is 12.0. The zero-order chi connectivity index (χ0) is 13.8. The van der Waals surface area contributed by atoms with Crippen LogP contribution >= 0.6 is 0 Å². The topological polar surface area (TPSA) is 28.2 Å². The molecule has 1 aromatic carbocycles. The molecule has 0 saturated heterocycles. The van der Waals surface area contributed by atoms with E-state index in [0.717, 1.165) is 38.3 Å². The van der Waals surface area contributed by atoms with Crippen LogP contribution in [-0.2, 0) is 13.0 Å². The highest BCUT2D eigenvalue weighted by Gasteiger charge is 2.18. The monoisotopic (exact) mass is 267 g/mol. The largest absolute Gasteiger partial charge is 0.370 e. The Kier molecular flexibility index (Phi) is 3.86. The van der Waals surface area contributed by atoms with E-state index < -0.39 is 0 Å². The van der Waals surface area contributed by atoms with Gasteiger partial charge < -0.3 is 10.2 Å². The fourth-order valence-corrected chi connectivity index (χ4v) is 2.67. The normalized spacial score (nSPS) is 13.3. The first kappa shape index (κ1) is 13.0. The molecule has 3 rings (SSSR count). The number of para-hydroxylation sites is 1. The molecule has 3 nitrogen and oxygen atoms in total. The molecule has 1 N–H and O–H groups in total. The van der Waals surface area contributed by atoms with Gasteiger partial charge in [-0.1, -0.05) is 31.2 Å². The molecule has 0 amide bonds. The average molecular weight is 267 g/mol. The summed E-state index contributed by atoms with van der Waals surface area (Å²) >= 11 is 0. The first-order valence-corrected chi connectivity index (χ1v) is 7.38. The summed E-state index contributed by atoms with van der Waals surface area (Å²) in [6.07, 6.45) is 4.26. The van der Waals surface area contributed by atoms with Crippen molar-refractivity contribution in [1.29, 1.82) is 0 Å². The van der Waals surface area contributed by atoms with Crippen LogP contribution in [0.4, 0.5) is 11.5 Å². The minimum Gasteiger partial charge on any atom is -0.370 e. The van der Waals surface area contributed by atoms with Crippen LogP contribution in [0.5, 0.6) is 0 Å². The van der Waals surface area contributed by atoms with Gasteiger partial charge in [0, 0.05) is 31.5 Å². The van der Waals surface area contributed by atoms with Gasteiger partial charge in [-0.25, -0.2) is 4.98 Å². The van der Waals surface area contributed by atoms with Gasteiger partial charge >= 0.3 is 0 Å². The lowest BCUT2D eigenvalue weighted by molar-refractivity contribution is 0.832. The number of rotatable bonds is 5. The van der Waals surface area contributed by atoms with Gasteiger partial charge in [0.25, 0.3) is 0 Å². The number of aromatic nitrogens is 1. The first-order chi connectivity index (χ1) is 9.86. The molecule has 0 unspecified atom stereocenters. The Morgan fingerprint density at radius 3 is 2.90 bits per heavy atom. The van der Waals surface area contributed by atoms with Crippen LogP contribution in [0, 0.1) is 0 Å². The predicted molar refractivity (Wildman–Crippen MR) is 84.2 cm³/mol. The lowest BCUT2D eigenvalue weighted by atomic mass is 10.2. The molecule has 2 heterocycles. The van der Waals surface area contributed by atoms with Crippen molar-refractivity contribution >= 4 is 11.5 Å². The van der Waals surface area contributed by atoms with Crippen molar-refractivity contribution in [3.63, 3.8) is 0 Å². The van der Waals surface area contributed by atoms with Crippen LogP contribution in [0.3, 0.4) is 0 Å².